The number of carbonyl (C=O) groups excluding carboxylic acids is 1. The molecule has 3 aromatic rings. The number of hydrogen-bond donors (Lipinski definition) is 2. The number of piperidine rings is 1. The highest BCUT2D eigenvalue weighted by atomic mass is 32.2. The number of rotatable bonds is 9. The molecule has 0 aliphatic carbocycles. The first-order valence-electron chi connectivity index (χ1n) is 12.2. The first-order chi connectivity index (χ1) is 17.8. The number of nitrogens with zero attached hydrogens (tertiary/aromatic N) is 1. The minimum Gasteiger partial charge on any atom is -0.497 e. The molecule has 0 saturated carbocycles. The second kappa shape index (κ2) is 11.7. The number of amides is 1. The molecule has 4 rings (SSSR count). The predicted molar refractivity (Wildman–Crippen MR) is 145 cm³/mol. The van der Waals surface area contributed by atoms with Gasteiger partial charge in [0.2, 0.25) is 0 Å². The van der Waals surface area contributed by atoms with Crippen LogP contribution in [0.15, 0.2) is 71.6 Å². The minimum absolute atomic E-state index is 0.0479. The Balaban J connectivity index is 1.38. The number of hydrogen-bond acceptors (Lipinski definition) is 6. The molecule has 0 bridgehead atoms. The standard InChI is InChI=1S/C28H33N3O5S/c1-20-5-4-16-31(18-20)19-21-6-8-22(9-7-21)28(32)29-23-10-13-25(14-11-23)37(33,34)30-26-17-24(35-2)12-15-27(26)36-3/h6-15,17,20,30H,4-5,16,18-19H2,1-3H3,(H,29,32)/t20-/m0/s1. The molecule has 3 aromatic carbocycles. The molecule has 37 heavy (non-hydrogen) atoms. The van der Waals surface area contributed by atoms with Crippen LogP contribution < -0.4 is 19.5 Å². The van der Waals surface area contributed by atoms with Crippen LogP contribution in [0.1, 0.15) is 35.7 Å². The summed E-state index contributed by atoms with van der Waals surface area (Å²) in [7, 11) is -0.936. The van der Waals surface area contributed by atoms with E-state index in [9.17, 15) is 13.2 Å². The van der Waals surface area contributed by atoms with Crippen LogP contribution in [-0.2, 0) is 16.6 Å². The van der Waals surface area contributed by atoms with Crippen molar-refractivity contribution in [1.82, 2.24) is 4.90 Å². The fourth-order valence-corrected chi connectivity index (χ4v) is 5.53. The Morgan fingerprint density at radius 3 is 2.38 bits per heavy atom. The van der Waals surface area contributed by atoms with Crippen LogP contribution in [0, 0.1) is 5.92 Å². The van der Waals surface area contributed by atoms with Crippen molar-refractivity contribution in [1.29, 1.82) is 0 Å². The number of ether oxygens (including phenoxy) is 2. The van der Waals surface area contributed by atoms with Crippen molar-refractivity contribution >= 4 is 27.3 Å². The molecule has 196 valence electrons. The largest absolute Gasteiger partial charge is 0.497 e. The summed E-state index contributed by atoms with van der Waals surface area (Å²) < 4.78 is 38.8. The number of likely N-dealkylation sites (tertiary alicyclic amines) is 1. The highest BCUT2D eigenvalue weighted by molar-refractivity contribution is 7.92. The fourth-order valence-electron chi connectivity index (χ4n) is 4.47. The van der Waals surface area contributed by atoms with E-state index in [-0.39, 0.29) is 16.5 Å². The number of anilines is 2. The van der Waals surface area contributed by atoms with Crippen molar-refractivity contribution in [2.24, 2.45) is 5.92 Å². The van der Waals surface area contributed by atoms with Gasteiger partial charge in [0, 0.05) is 30.4 Å². The van der Waals surface area contributed by atoms with E-state index in [1.165, 1.54) is 44.8 Å². The van der Waals surface area contributed by atoms with E-state index in [1.54, 1.807) is 30.3 Å². The fraction of sp³-hybridized carbons (Fsp3) is 0.321. The molecule has 2 N–H and O–H groups in total. The predicted octanol–water partition coefficient (Wildman–Crippen LogP) is 4.99. The number of sulfonamides is 1. The van der Waals surface area contributed by atoms with E-state index >= 15 is 0 Å². The van der Waals surface area contributed by atoms with Crippen LogP contribution in [0.2, 0.25) is 0 Å². The van der Waals surface area contributed by atoms with Crippen molar-refractivity contribution in [2.45, 2.75) is 31.2 Å². The van der Waals surface area contributed by atoms with E-state index in [4.69, 9.17) is 9.47 Å². The van der Waals surface area contributed by atoms with Crippen LogP contribution in [0.4, 0.5) is 11.4 Å². The molecule has 1 saturated heterocycles. The van der Waals surface area contributed by atoms with Crippen LogP contribution >= 0.6 is 0 Å². The average Bonchev–Trinajstić information content (AvgIpc) is 2.89. The van der Waals surface area contributed by atoms with Gasteiger partial charge in [-0.2, -0.15) is 0 Å². The van der Waals surface area contributed by atoms with Crippen molar-refractivity contribution < 1.29 is 22.7 Å². The molecule has 8 nitrogen and oxygen atoms in total. The topological polar surface area (TPSA) is 97.0 Å². The Bertz CT molecular complexity index is 1320. The Morgan fingerprint density at radius 2 is 1.73 bits per heavy atom. The SMILES string of the molecule is COc1ccc(OC)c(NS(=O)(=O)c2ccc(NC(=O)c3ccc(CN4CCC[C@H](C)C4)cc3)cc2)c1. The summed E-state index contributed by atoms with van der Waals surface area (Å²) in [5.74, 6) is 1.32. The Labute approximate surface area is 218 Å². The molecule has 0 unspecified atom stereocenters. The molecule has 1 fully saturated rings. The maximum Gasteiger partial charge on any atom is 0.262 e. The van der Waals surface area contributed by atoms with Gasteiger partial charge >= 0.3 is 0 Å². The molecule has 0 radical (unpaired) electrons. The summed E-state index contributed by atoms with van der Waals surface area (Å²) in [4.78, 5) is 15.2. The summed E-state index contributed by atoms with van der Waals surface area (Å²) in [6.07, 6.45) is 2.52. The molecular formula is C28H33N3O5S. The normalized spacial score (nSPS) is 16.1. The number of benzene rings is 3. The second-order valence-corrected chi connectivity index (χ2v) is 11.0. The van der Waals surface area contributed by atoms with Crippen LogP contribution in [0.3, 0.4) is 0 Å². The first-order valence-corrected chi connectivity index (χ1v) is 13.7. The van der Waals surface area contributed by atoms with E-state index in [1.807, 2.05) is 24.3 Å². The first kappa shape index (κ1) is 26.5. The summed E-state index contributed by atoms with van der Waals surface area (Å²) in [5, 5.41) is 2.83. The third-order valence-corrected chi connectivity index (χ3v) is 7.82. The van der Waals surface area contributed by atoms with Gasteiger partial charge in [-0.15, -0.1) is 0 Å². The lowest BCUT2D eigenvalue weighted by Crippen LogP contribution is -2.33. The summed E-state index contributed by atoms with van der Waals surface area (Å²) >= 11 is 0. The van der Waals surface area contributed by atoms with Gasteiger partial charge in [-0.25, -0.2) is 8.42 Å². The van der Waals surface area contributed by atoms with E-state index < -0.39 is 10.0 Å². The minimum atomic E-state index is -3.89. The molecule has 1 atom stereocenters. The van der Waals surface area contributed by atoms with Gasteiger partial charge in [0.15, 0.2) is 0 Å². The highest BCUT2D eigenvalue weighted by Crippen LogP contribution is 2.31. The van der Waals surface area contributed by atoms with Gasteiger partial charge in [0.1, 0.15) is 11.5 Å². The molecule has 0 aromatic heterocycles. The Morgan fingerprint density at radius 1 is 1.00 bits per heavy atom. The lowest BCUT2D eigenvalue weighted by molar-refractivity contribution is 0.102. The summed E-state index contributed by atoms with van der Waals surface area (Å²) in [5.41, 5.74) is 2.48. The number of carbonyl (C=O) groups is 1. The molecule has 9 heteroatoms. The van der Waals surface area contributed by atoms with Crippen molar-refractivity contribution in [3.8, 4) is 11.5 Å². The smallest absolute Gasteiger partial charge is 0.262 e. The van der Waals surface area contributed by atoms with Crippen molar-refractivity contribution in [3.63, 3.8) is 0 Å². The lowest BCUT2D eigenvalue weighted by atomic mass is 9.99. The van der Waals surface area contributed by atoms with Gasteiger partial charge in [-0.3, -0.25) is 14.4 Å². The maximum absolute atomic E-state index is 12.9. The van der Waals surface area contributed by atoms with Gasteiger partial charge in [-0.05, 0) is 79.4 Å². The third-order valence-electron chi connectivity index (χ3n) is 6.44. The zero-order chi connectivity index (χ0) is 26.4. The number of nitrogens with one attached hydrogen (secondary N) is 2. The van der Waals surface area contributed by atoms with Gasteiger partial charge in [-0.1, -0.05) is 19.1 Å². The average molecular weight is 524 g/mol. The van der Waals surface area contributed by atoms with Crippen molar-refractivity contribution in [3.05, 3.63) is 77.9 Å². The quantitative estimate of drug-likeness (QED) is 0.410. The van der Waals surface area contributed by atoms with Gasteiger partial charge in [0.25, 0.3) is 15.9 Å². The zero-order valence-electron chi connectivity index (χ0n) is 21.4. The third kappa shape index (κ3) is 6.81. The van der Waals surface area contributed by atoms with Crippen LogP contribution in [-0.4, -0.2) is 46.5 Å². The molecule has 0 spiro atoms. The van der Waals surface area contributed by atoms with E-state index in [0.717, 1.165) is 25.6 Å². The maximum atomic E-state index is 12.9. The summed E-state index contributed by atoms with van der Waals surface area (Å²) in [6.45, 7) is 5.39. The van der Waals surface area contributed by atoms with E-state index in [0.29, 0.717) is 22.7 Å². The summed E-state index contributed by atoms with van der Waals surface area (Å²) in [6, 6.07) is 18.5. The van der Waals surface area contributed by atoms with Crippen LogP contribution in [0.25, 0.3) is 0 Å². The molecule has 1 amide bonds. The molecule has 1 aliphatic rings. The van der Waals surface area contributed by atoms with Gasteiger partial charge in [0.05, 0.1) is 24.8 Å². The monoisotopic (exact) mass is 523 g/mol. The van der Waals surface area contributed by atoms with Crippen LogP contribution in [0.5, 0.6) is 11.5 Å². The highest BCUT2D eigenvalue weighted by Gasteiger charge is 2.18. The Hall–Kier alpha value is -3.56. The molecule has 1 aliphatic heterocycles. The zero-order valence-corrected chi connectivity index (χ0v) is 22.2. The lowest BCUT2D eigenvalue weighted by Gasteiger charge is -2.30. The molecular weight excluding hydrogens is 490 g/mol. The van der Waals surface area contributed by atoms with Crippen molar-refractivity contribution in [2.75, 3.05) is 37.3 Å². The second-order valence-electron chi connectivity index (χ2n) is 9.33. The van der Waals surface area contributed by atoms with Gasteiger partial charge < -0.3 is 14.8 Å². The van der Waals surface area contributed by atoms with E-state index in [2.05, 4.69) is 21.9 Å². The Kier molecular flexibility index (Phi) is 8.35. The number of methoxy groups -OCH3 is 2. The molecule has 1 heterocycles.